The molecule has 0 saturated carbocycles. The Morgan fingerprint density at radius 3 is 2.59 bits per heavy atom. The number of ether oxygens (including phenoxy) is 2. The van der Waals surface area contributed by atoms with Gasteiger partial charge in [-0.3, -0.25) is 4.79 Å². The topological polar surface area (TPSA) is 72.3 Å². The molecule has 0 unspecified atom stereocenters. The number of carbonyl (C=O) groups is 1. The molecule has 1 aliphatic rings. The van der Waals surface area contributed by atoms with E-state index in [0.29, 0.717) is 46.2 Å². The number of nitrogens with one attached hydrogen (secondary N) is 1. The van der Waals surface area contributed by atoms with Crippen molar-refractivity contribution in [3.05, 3.63) is 22.7 Å². The lowest BCUT2D eigenvalue weighted by molar-refractivity contribution is -0.116. The van der Waals surface area contributed by atoms with Crippen molar-refractivity contribution in [2.24, 2.45) is 10.2 Å². The van der Waals surface area contributed by atoms with E-state index >= 15 is 0 Å². The maximum Gasteiger partial charge on any atom is 0.236 e. The van der Waals surface area contributed by atoms with Gasteiger partial charge in [-0.1, -0.05) is 23.4 Å². The van der Waals surface area contributed by atoms with E-state index in [2.05, 4.69) is 15.5 Å². The van der Waals surface area contributed by atoms with Crippen LogP contribution in [0.3, 0.4) is 0 Å². The molecule has 0 aliphatic carbocycles. The van der Waals surface area contributed by atoms with E-state index in [1.165, 1.54) is 18.0 Å². The maximum atomic E-state index is 11.0. The lowest BCUT2D eigenvalue weighted by Gasteiger charge is -2.12. The number of halogens is 1. The third-order valence-corrected chi connectivity index (χ3v) is 3.79. The highest BCUT2D eigenvalue weighted by molar-refractivity contribution is 8.15. The summed E-state index contributed by atoms with van der Waals surface area (Å²) in [5, 5.41) is 11.4. The fourth-order valence-electron chi connectivity index (χ4n) is 1.71. The van der Waals surface area contributed by atoms with Gasteiger partial charge in [0.1, 0.15) is 0 Å². The minimum absolute atomic E-state index is 0.0725. The van der Waals surface area contributed by atoms with Gasteiger partial charge in [-0.2, -0.15) is 5.10 Å². The number of thioether (sulfide) groups is 1. The van der Waals surface area contributed by atoms with E-state index in [4.69, 9.17) is 21.1 Å². The number of nitrogens with zero attached hydrogens (tertiary/aromatic N) is 2. The van der Waals surface area contributed by atoms with Crippen molar-refractivity contribution in [3.8, 4) is 11.5 Å². The van der Waals surface area contributed by atoms with Crippen molar-refractivity contribution in [2.45, 2.75) is 13.8 Å². The lowest BCUT2D eigenvalue weighted by Crippen LogP contribution is -2.19. The molecule has 0 aromatic heterocycles. The summed E-state index contributed by atoms with van der Waals surface area (Å²) >= 11 is 7.51. The van der Waals surface area contributed by atoms with Gasteiger partial charge >= 0.3 is 0 Å². The zero-order valence-corrected chi connectivity index (χ0v) is 13.8. The number of benzene rings is 1. The Morgan fingerprint density at radius 2 is 2.00 bits per heavy atom. The van der Waals surface area contributed by atoms with Crippen LogP contribution in [0.1, 0.15) is 19.4 Å². The van der Waals surface area contributed by atoms with E-state index in [0.717, 1.165) is 0 Å². The van der Waals surface area contributed by atoms with Crippen LogP contribution in [0, 0.1) is 0 Å². The molecule has 118 valence electrons. The summed E-state index contributed by atoms with van der Waals surface area (Å²) in [4.78, 5) is 11.0. The van der Waals surface area contributed by atoms with Crippen molar-refractivity contribution >= 4 is 40.7 Å². The first kappa shape index (κ1) is 16.6. The molecule has 1 fully saturated rings. The van der Waals surface area contributed by atoms with Crippen LogP contribution >= 0.6 is 23.4 Å². The summed E-state index contributed by atoms with van der Waals surface area (Å²) in [5.41, 5.74) is 0.659. The fourth-order valence-corrected chi connectivity index (χ4v) is 2.54. The third-order valence-electron chi connectivity index (χ3n) is 2.59. The van der Waals surface area contributed by atoms with Gasteiger partial charge in [-0.15, -0.1) is 5.10 Å². The van der Waals surface area contributed by atoms with Crippen LogP contribution in [0.2, 0.25) is 5.02 Å². The van der Waals surface area contributed by atoms with Gasteiger partial charge < -0.3 is 14.8 Å². The summed E-state index contributed by atoms with van der Waals surface area (Å²) in [7, 11) is 0. The van der Waals surface area contributed by atoms with Gasteiger partial charge in [0, 0.05) is 11.6 Å². The molecule has 1 saturated heterocycles. The molecule has 8 heteroatoms. The number of amides is 1. The molecule has 2 rings (SSSR count). The Morgan fingerprint density at radius 1 is 1.32 bits per heavy atom. The van der Waals surface area contributed by atoms with Gasteiger partial charge in [-0.25, -0.2) is 0 Å². The second-order valence-electron chi connectivity index (χ2n) is 4.17. The highest BCUT2D eigenvalue weighted by Crippen LogP contribution is 2.33. The van der Waals surface area contributed by atoms with E-state index < -0.39 is 0 Å². The summed E-state index contributed by atoms with van der Waals surface area (Å²) in [6.45, 7) is 4.82. The molecular weight excluding hydrogens is 326 g/mol. The second-order valence-corrected chi connectivity index (χ2v) is 5.54. The Balaban J connectivity index is 2.19. The average molecular weight is 342 g/mol. The third kappa shape index (κ3) is 4.38. The molecule has 6 nitrogen and oxygen atoms in total. The molecule has 1 N–H and O–H groups in total. The predicted molar refractivity (Wildman–Crippen MR) is 89.4 cm³/mol. The van der Waals surface area contributed by atoms with Crippen LogP contribution in [0.25, 0.3) is 0 Å². The van der Waals surface area contributed by atoms with Gasteiger partial charge in [0.05, 0.1) is 30.2 Å². The van der Waals surface area contributed by atoms with E-state index in [1.807, 2.05) is 13.8 Å². The van der Waals surface area contributed by atoms with Gasteiger partial charge in [-0.05, 0) is 19.9 Å². The molecule has 0 spiro atoms. The van der Waals surface area contributed by atoms with Crippen LogP contribution in [0.5, 0.6) is 11.5 Å². The number of amidine groups is 1. The van der Waals surface area contributed by atoms with Crippen LogP contribution in [0.15, 0.2) is 22.3 Å². The molecule has 1 aromatic rings. The minimum Gasteiger partial charge on any atom is -0.490 e. The summed E-state index contributed by atoms with van der Waals surface area (Å²) < 4.78 is 11.0. The SMILES string of the molecule is CCOc1cc(Cl)c(C=NN=C2NC(=O)CS2)cc1OCC. The first-order chi connectivity index (χ1) is 10.6. The van der Waals surface area contributed by atoms with Crippen LogP contribution in [-0.2, 0) is 4.79 Å². The van der Waals surface area contributed by atoms with Crippen molar-refractivity contribution in [1.82, 2.24) is 5.32 Å². The molecule has 1 aliphatic heterocycles. The van der Waals surface area contributed by atoms with Crippen molar-refractivity contribution in [2.75, 3.05) is 19.0 Å². The quantitative estimate of drug-likeness (QED) is 0.638. The fraction of sp³-hybridized carbons (Fsp3) is 0.357. The van der Waals surface area contributed by atoms with Crippen molar-refractivity contribution < 1.29 is 14.3 Å². The predicted octanol–water partition coefficient (Wildman–Crippen LogP) is 2.69. The number of hydrogen-bond donors (Lipinski definition) is 1. The standard InChI is InChI=1S/C14H16ClN3O3S/c1-3-20-11-5-9(10(15)6-12(11)21-4-2)7-16-18-14-17-13(19)8-22-14/h5-7H,3-4,8H2,1-2H3,(H,17,18,19). The van der Waals surface area contributed by atoms with E-state index in [1.54, 1.807) is 12.1 Å². The van der Waals surface area contributed by atoms with E-state index in [9.17, 15) is 4.79 Å². The lowest BCUT2D eigenvalue weighted by atomic mass is 10.2. The zero-order chi connectivity index (χ0) is 15.9. The molecule has 1 amide bonds. The minimum atomic E-state index is -0.0725. The number of hydrogen-bond acceptors (Lipinski definition) is 6. The molecule has 1 aromatic carbocycles. The summed E-state index contributed by atoms with van der Waals surface area (Å²) in [5.74, 6) is 1.49. The summed E-state index contributed by atoms with van der Waals surface area (Å²) in [6, 6.07) is 3.44. The first-order valence-electron chi connectivity index (χ1n) is 6.76. The zero-order valence-electron chi connectivity index (χ0n) is 12.3. The van der Waals surface area contributed by atoms with Crippen LogP contribution in [0.4, 0.5) is 0 Å². The van der Waals surface area contributed by atoms with Crippen molar-refractivity contribution in [1.29, 1.82) is 0 Å². The second kappa shape index (κ2) is 8.05. The Bertz CT molecular complexity index is 620. The smallest absolute Gasteiger partial charge is 0.236 e. The van der Waals surface area contributed by atoms with Gasteiger partial charge in [0.25, 0.3) is 0 Å². The van der Waals surface area contributed by atoms with Crippen molar-refractivity contribution in [3.63, 3.8) is 0 Å². The Kier molecular flexibility index (Phi) is 6.09. The van der Waals surface area contributed by atoms with Crippen LogP contribution < -0.4 is 14.8 Å². The Labute approximate surface area is 137 Å². The van der Waals surface area contributed by atoms with Gasteiger partial charge in [0.2, 0.25) is 5.91 Å². The average Bonchev–Trinajstić information content (AvgIpc) is 2.89. The molecule has 1 heterocycles. The maximum absolute atomic E-state index is 11.0. The normalized spacial score (nSPS) is 16.3. The summed E-state index contributed by atoms with van der Waals surface area (Å²) in [6.07, 6.45) is 1.51. The van der Waals surface area contributed by atoms with Gasteiger partial charge in [0.15, 0.2) is 16.7 Å². The number of carbonyl (C=O) groups excluding carboxylic acids is 1. The number of rotatable bonds is 6. The highest BCUT2D eigenvalue weighted by atomic mass is 35.5. The monoisotopic (exact) mass is 341 g/mol. The highest BCUT2D eigenvalue weighted by Gasteiger charge is 2.16. The molecule has 0 atom stereocenters. The van der Waals surface area contributed by atoms with E-state index in [-0.39, 0.29) is 5.91 Å². The Hall–Kier alpha value is -1.73. The van der Waals surface area contributed by atoms with Crippen LogP contribution in [-0.4, -0.2) is 36.3 Å². The largest absolute Gasteiger partial charge is 0.490 e. The molecule has 22 heavy (non-hydrogen) atoms. The first-order valence-corrected chi connectivity index (χ1v) is 8.13. The molecular formula is C14H16ClN3O3S. The molecule has 0 radical (unpaired) electrons. The molecule has 0 bridgehead atoms.